The predicted octanol–water partition coefficient (Wildman–Crippen LogP) is 5.92. The van der Waals surface area contributed by atoms with E-state index in [2.05, 4.69) is 21.1 Å². The number of nitrogens with zero attached hydrogens (tertiary/aromatic N) is 6. The maximum Gasteiger partial charge on any atom is 0.416 e. The fourth-order valence-corrected chi connectivity index (χ4v) is 8.83. The van der Waals surface area contributed by atoms with Gasteiger partial charge in [-0.3, -0.25) is 14.5 Å². The maximum atomic E-state index is 14.6. The van der Waals surface area contributed by atoms with Crippen molar-refractivity contribution in [3.05, 3.63) is 95.0 Å². The van der Waals surface area contributed by atoms with E-state index in [9.17, 15) is 26.6 Å². The van der Waals surface area contributed by atoms with Crippen molar-refractivity contribution in [2.75, 3.05) is 0 Å². The number of benzene rings is 1. The lowest BCUT2D eigenvalue weighted by molar-refractivity contribution is -0.137. The van der Waals surface area contributed by atoms with Gasteiger partial charge in [-0.1, -0.05) is 5.57 Å². The first-order chi connectivity index (χ1) is 21.2. The lowest BCUT2D eigenvalue weighted by Crippen LogP contribution is -2.52. The summed E-state index contributed by atoms with van der Waals surface area (Å²) in [4.78, 5) is 18.7. The number of hydrogen-bond donors (Lipinski definition) is 0. The molecule has 2 aliphatic rings. The first-order valence-corrected chi connectivity index (χ1v) is 16.2. The van der Waals surface area contributed by atoms with Crippen LogP contribution in [-0.4, -0.2) is 56.8 Å². The molecule has 8 nitrogen and oxygen atoms in total. The largest absolute Gasteiger partial charge is 0.416 e. The van der Waals surface area contributed by atoms with Crippen LogP contribution in [0.4, 0.5) is 17.6 Å². The number of pyridine rings is 1. The molecule has 4 aromatic rings. The highest BCUT2D eigenvalue weighted by molar-refractivity contribution is 7.98. The Balaban J connectivity index is 1.47. The standard InChI is InChI=1S/C32H32F4N6O2S/c1-20(2)42(45(4,44)29-12-14-40(3)39-29)26-8-5-22-16-28-21(19-38-41(28)25-9-6-24(33)7-10-25)17-31(22,18-26)30(43)27-15-23(11-13-37-27)32(34,35)36/h6-7,9-16,19-20,26H,4-5,8,17-18H2,1-3H3/t26-,31-,45?/m0/s1. The fraction of sp³-hybridized carbons (Fsp3) is 0.344. The first-order valence-electron chi connectivity index (χ1n) is 14.5. The monoisotopic (exact) mass is 640 g/mol. The zero-order chi connectivity index (χ0) is 32.3. The Morgan fingerprint density at radius 1 is 1.18 bits per heavy atom. The Bertz CT molecular complexity index is 1910. The number of halogens is 4. The summed E-state index contributed by atoms with van der Waals surface area (Å²) in [6.45, 7) is 3.79. The molecule has 3 atom stereocenters. The van der Waals surface area contributed by atoms with Crippen LogP contribution in [-0.2, 0) is 29.4 Å². The number of rotatable bonds is 7. The second-order valence-corrected chi connectivity index (χ2v) is 14.1. The van der Waals surface area contributed by atoms with E-state index in [1.807, 2.05) is 19.9 Å². The molecule has 0 spiro atoms. The van der Waals surface area contributed by atoms with E-state index >= 15 is 0 Å². The minimum atomic E-state index is -4.66. The van der Waals surface area contributed by atoms with E-state index in [-0.39, 0.29) is 24.6 Å². The number of ketones is 1. The van der Waals surface area contributed by atoms with Gasteiger partial charge in [0.15, 0.2) is 10.8 Å². The Kier molecular flexibility index (Phi) is 7.59. The highest BCUT2D eigenvalue weighted by Gasteiger charge is 2.52. The van der Waals surface area contributed by atoms with Crippen LogP contribution in [0.2, 0.25) is 0 Å². The highest BCUT2D eigenvalue weighted by Crippen LogP contribution is 2.51. The van der Waals surface area contributed by atoms with Gasteiger partial charge < -0.3 is 0 Å². The number of carbonyl (C=O) groups is 1. The maximum absolute atomic E-state index is 14.6. The van der Waals surface area contributed by atoms with Crippen LogP contribution in [0.1, 0.15) is 60.4 Å². The Labute approximate surface area is 258 Å². The molecule has 0 saturated heterocycles. The van der Waals surface area contributed by atoms with Gasteiger partial charge in [0.25, 0.3) is 0 Å². The van der Waals surface area contributed by atoms with Gasteiger partial charge in [-0.15, -0.1) is 0 Å². The Morgan fingerprint density at radius 3 is 2.56 bits per heavy atom. The van der Waals surface area contributed by atoms with Gasteiger partial charge in [0.2, 0.25) is 0 Å². The summed E-state index contributed by atoms with van der Waals surface area (Å²) in [7, 11) is -1.38. The molecular weight excluding hydrogens is 608 g/mol. The number of Topliss-reactive ketones (excluding diaryl/α,β-unsaturated/α-hetero) is 1. The van der Waals surface area contributed by atoms with Crippen molar-refractivity contribution in [1.82, 2.24) is 28.9 Å². The van der Waals surface area contributed by atoms with Crippen molar-refractivity contribution in [3.63, 3.8) is 0 Å². The van der Waals surface area contributed by atoms with Crippen molar-refractivity contribution in [1.29, 1.82) is 0 Å². The average molecular weight is 641 g/mol. The lowest BCUT2D eigenvalue weighted by Gasteiger charge is -2.48. The lowest BCUT2D eigenvalue weighted by atomic mass is 9.60. The number of alkyl halides is 3. The molecule has 1 fully saturated rings. The third-order valence-corrected chi connectivity index (χ3v) is 11.0. The van der Waals surface area contributed by atoms with Crippen LogP contribution >= 0.6 is 0 Å². The van der Waals surface area contributed by atoms with Gasteiger partial charge in [-0.05, 0) is 99.5 Å². The summed E-state index contributed by atoms with van der Waals surface area (Å²) in [5.74, 6) is 3.17. The number of aryl methyl sites for hydroxylation is 1. The summed E-state index contributed by atoms with van der Waals surface area (Å²) >= 11 is 0. The quantitative estimate of drug-likeness (QED) is 0.142. The van der Waals surface area contributed by atoms with Crippen molar-refractivity contribution in [2.24, 2.45) is 12.5 Å². The van der Waals surface area contributed by atoms with E-state index < -0.39 is 44.5 Å². The van der Waals surface area contributed by atoms with Crippen LogP contribution in [0.15, 0.2) is 71.7 Å². The molecule has 0 aliphatic heterocycles. The molecule has 0 N–H and O–H groups in total. The van der Waals surface area contributed by atoms with Gasteiger partial charge in [0.1, 0.15) is 11.5 Å². The van der Waals surface area contributed by atoms with Crippen LogP contribution in [0.3, 0.4) is 0 Å². The normalized spacial score (nSPS) is 21.3. The molecule has 236 valence electrons. The molecule has 0 radical (unpaired) electrons. The third kappa shape index (κ3) is 5.41. The number of allylic oxidation sites excluding steroid dienone is 1. The molecular formula is C32H32F4N6O2S. The molecule has 3 aromatic heterocycles. The number of carbonyl (C=O) groups excluding carboxylic acids is 1. The van der Waals surface area contributed by atoms with Crippen molar-refractivity contribution < 1.29 is 26.6 Å². The van der Waals surface area contributed by atoms with E-state index in [0.717, 1.165) is 23.9 Å². The van der Waals surface area contributed by atoms with Gasteiger partial charge in [-0.25, -0.2) is 17.6 Å². The zero-order valence-electron chi connectivity index (χ0n) is 25.0. The van der Waals surface area contributed by atoms with E-state index in [4.69, 9.17) is 0 Å². The molecule has 1 unspecified atom stereocenters. The SMILES string of the molecule is C=S(=O)(c1ccn(C)n1)N(C(C)C)[C@H]1CCC2=Cc3c(cnn3-c3ccc(F)cc3)C[C@]2(C(=O)c2cc(C(F)(F)F)ccn2)C1. The smallest absolute Gasteiger partial charge is 0.291 e. The minimum Gasteiger partial charge on any atom is -0.291 e. The van der Waals surface area contributed by atoms with Crippen LogP contribution in [0.5, 0.6) is 0 Å². The van der Waals surface area contributed by atoms with Crippen molar-refractivity contribution in [3.8, 4) is 5.69 Å². The van der Waals surface area contributed by atoms with Crippen LogP contribution in [0, 0.1) is 11.2 Å². The van der Waals surface area contributed by atoms with Crippen LogP contribution < -0.4 is 0 Å². The van der Waals surface area contributed by atoms with E-state index in [1.54, 1.807) is 51.3 Å². The average Bonchev–Trinajstić information content (AvgIpc) is 3.61. The van der Waals surface area contributed by atoms with Crippen LogP contribution in [0.25, 0.3) is 11.8 Å². The van der Waals surface area contributed by atoms with Crippen molar-refractivity contribution >= 4 is 27.4 Å². The molecule has 0 bridgehead atoms. The fourth-order valence-electron chi connectivity index (χ4n) is 6.74. The summed E-state index contributed by atoms with van der Waals surface area (Å²) in [6, 6.07) is 8.47. The predicted molar refractivity (Wildman–Crippen MR) is 163 cm³/mol. The topological polar surface area (TPSA) is 85.9 Å². The second-order valence-electron chi connectivity index (χ2n) is 11.9. The molecule has 3 heterocycles. The summed E-state index contributed by atoms with van der Waals surface area (Å²) in [6.07, 6.45) is 2.78. The Hall–Kier alpha value is -4.10. The number of hydrogen-bond acceptors (Lipinski definition) is 5. The number of fused-ring (bicyclic) bond motifs is 2. The van der Waals surface area contributed by atoms with Gasteiger partial charge in [0, 0.05) is 31.5 Å². The summed E-state index contributed by atoms with van der Waals surface area (Å²) < 4.78 is 74.1. The highest BCUT2D eigenvalue weighted by atomic mass is 32.2. The molecule has 45 heavy (non-hydrogen) atoms. The van der Waals surface area contributed by atoms with E-state index in [1.165, 1.54) is 12.1 Å². The third-order valence-electron chi connectivity index (χ3n) is 8.69. The Morgan fingerprint density at radius 2 is 1.91 bits per heavy atom. The zero-order valence-corrected chi connectivity index (χ0v) is 25.8. The molecule has 2 aliphatic carbocycles. The first kappa shape index (κ1) is 30.9. The second kappa shape index (κ2) is 11.1. The van der Waals surface area contributed by atoms with Crippen molar-refractivity contribution in [2.45, 2.75) is 62.8 Å². The van der Waals surface area contributed by atoms with Gasteiger partial charge in [0.05, 0.1) is 38.3 Å². The van der Waals surface area contributed by atoms with E-state index in [0.29, 0.717) is 34.8 Å². The molecule has 1 saturated carbocycles. The molecule has 6 rings (SSSR count). The van der Waals surface area contributed by atoms with Gasteiger partial charge in [-0.2, -0.15) is 23.4 Å². The number of aromatic nitrogens is 5. The molecule has 13 heteroatoms. The molecule has 0 amide bonds. The molecule has 1 aromatic carbocycles. The summed E-state index contributed by atoms with van der Waals surface area (Å²) in [5.41, 5.74) is 0.246. The minimum absolute atomic E-state index is 0.149. The van der Waals surface area contributed by atoms with Gasteiger partial charge >= 0.3 is 6.18 Å². The summed E-state index contributed by atoms with van der Waals surface area (Å²) in [5, 5.41) is 9.21.